The molecule has 0 radical (unpaired) electrons. The summed E-state index contributed by atoms with van der Waals surface area (Å²) in [4.78, 5) is 34.5. The fourth-order valence-corrected chi connectivity index (χ4v) is 3.78. The van der Waals surface area contributed by atoms with Crippen LogP contribution in [0.3, 0.4) is 0 Å². The highest BCUT2D eigenvalue weighted by Crippen LogP contribution is 2.32. The molecule has 6 heteroatoms. The number of aldehydes is 1. The second kappa shape index (κ2) is 10.7. The van der Waals surface area contributed by atoms with Crippen molar-refractivity contribution in [2.24, 2.45) is 11.8 Å². The van der Waals surface area contributed by atoms with Crippen molar-refractivity contribution in [1.82, 2.24) is 0 Å². The second-order valence-electron chi connectivity index (χ2n) is 6.97. The van der Waals surface area contributed by atoms with Crippen LogP contribution in [0.5, 0.6) is 0 Å². The van der Waals surface area contributed by atoms with Gasteiger partial charge in [-0.25, -0.2) is 4.79 Å². The minimum atomic E-state index is -0.778. The summed E-state index contributed by atoms with van der Waals surface area (Å²) < 4.78 is 5.21. The molecule has 1 aliphatic rings. The van der Waals surface area contributed by atoms with Crippen LogP contribution < -0.4 is 0 Å². The molecule has 1 aromatic rings. The predicted molar refractivity (Wildman–Crippen MR) is 97.5 cm³/mol. The molecule has 2 atom stereocenters. The van der Waals surface area contributed by atoms with Crippen LogP contribution in [0.2, 0.25) is 0 Å². The fraction of sp³-hybridized carbons (Fsp3) is 0.600. The smallest absolute Gasteiger partial charge is 0.338 e. The van der Waals surface area contributed by atoms with Gasteiger partial charge in [0, 0.05) is 10.8 Å². The molecule has 0 heterocycles. The maximum Gasteiger partial charge on any atom is 0.338 e. The highest BCUT2D eigenvalue weighted by molar-refractivity contribution is 5.89. The Morgan fingerprint density at radius 1 is 1.19 bits per heavy atom. The lowest BCUT2D eigenvalue weighted by molar-refractivity contribution is -0.540. The second-order valence-corrected chi connectivity index (χ2v) is 6.97. The molecule has 1 aliphatic carbocycles. The summed E-state index contributed by atoms with van der Waals surface area (Å²) in [6.07, 6.45) is 7.26. The molecule has 0 saturated heterocycles. The van der Waals surface area contributed by atoms with Crippen molar-refractivity contribution < 1.29 is 19.2 Å². The molecule has 0 amide bonds. The zero-order valence-corrected chi connectivity index (χ0v) is 15.0. The van der Waals surface area contributed by atoms with Crippen molar-refractivity contribution >= 4 is 12.3 Å². The van der Waals surface area contributed by atoms with E-state index in [9.17, 15) is 19.7 Å². The van der Waals surface area contributed by atoms with Gasteiger partial charge in [0.2, 0.25) is 6.04 Å². The number of carbonyl (C=O) groups is 2. The average Bonchev–Trinajstić information content (AvgIpc) is 2.67. The number of ether oxygens (including phenoxy) is 1. The van der Waals surface area contributed by atoms with Crippen molar-refractivity contribution in [3.8, 4) is 0 Å². The summed E-state index contributed by atoms with van der Waals surface area (Å²) in [5.41, 5.74) is 0.504. The molecular formula is C20H27NO5. The normalized spacial score (nSPS) is 17.2. The van der Waals surface area contributed by atoms with Gasteiger partial charge in [-0.2, -0.15) is 0 Å². The lowest BCUT2D eigenvalue weighted by Crippen LogP contribution is -2.38. The van der Waals surface area contributed by atoms with Crippen LogP contribution >= 0.6 is 0 Å². The van der Waals surface area contributed by atoms with Gasteiger partial charge in [-0.05, 0) is 44.2 Å². The Morgan fingerprint density at radius 3 is 2.50 bits per heavy atom. The molecule has 0 bridgehead atoms. The van der Waals surface area contributed by atoms with E-state index in [1.54, 1.807) is 24.3 Å². The standard InChI is InChI=1S/C20H27NO5/c22-15-18(19(21(24)25)16-9-3-1-4-10-16)13-7-8-14-26-20(23)17-11-5-2-6-12-17/h2,5-6,11-12,15-16,18-19H,1,3-4,7-10,13-14H2/t18-,19+/m0/s1. The van der Waals surface area contributed by atoms with E-state index in [0.717, 1.165) is 38.4 Å². The zero-order chi connectivity index (χ0) is 18.8. The number of nitrogens with zero attached hydrogens (tertiary/aromatic N) is 1. The average molecular weight is 361 g/mol. The Bertz CT molecular complexity index is 583. The summed E-state index contributed by atoms with van der Waals surface area (Å²) in [5, 5.41) is 11.5. The van der Waals surface area contributed by atoms with E-state index in [2.05, 4.69) is 0 Å². The monoisotopic (exact) mass is 361 g/mol. The highest BCUT2D eigenvalue weighted by atomic mass is 16.6. The van der Waals surface area contributed by atoms with Crippen molar-refractivity contribution in [1.29, 1.82) is 0 Å². The lowest BCUT2D eigenvalue weighted by Gasteiger charge is -2.27. The zero-order valence-electron chi connectivity index (χ0n) is 15.0. The van der Waals surface area contributed by atoms with Crippen LogP contribution in [0.4, 0.5) is 0 Å². The van der Waals surface area contributed by atoms with E-state index in [1.165, 1.54) is 0 Å². The minimum absolute atomic E-state index is 0.00450. The lowest BCUT2D eigenvalue weighted by atomic mass is 9.78. The maximum absolute atomic E-state index is 11.8. The van der Waals surface area contributed by atoms with E-state index < -0.39 is 12.0 Å². The van der Waals surface area contributed by atoms with Gasteiger partial charge in [0.05, 0.1) is 18.1 Å². The number of unbranched alkanes of at least 4 members (excludes halogenated alkanes) is 1. The summed E-state index contributed by atoms with van der Waals surface area (Å²) in [5.74, 6) is -0.925. The van der Waals surface area contributed by atoms with Crippen LogP contribution in [0, 0.1) is 22.0 Å². The van der Waals surface area contributed by atoms with Crippen LogP contribution in [0.1, 0.15) is 61.7 Å². The first-order valence-electron chi connectivity index (χ1n) is 9.44. The predicted octanol–water partition coefficient (Wildman–Crippen LogP) is 4.05. The number of hydrogen-bond acceptors (Lipinski definition) is 5. The molecule has 6 nitrogen and oxygen atoms in total. The Kier molecular flexibility index (Phi) is 8.25. The third-order valence-corrected chi connectivity index (χ3v) is 5.16. The first-order chi connectivity index (χ1) is 12.6. The van der Waals surface area contributed by atoms with E-state index in [1.807, 2.05) is 6.07 Å². The number of carbonyl (C=O) groups excluding carboxylic acids is 2. The third kappa shape index (κ3) is 5.93. The van der Waals surface area contributed by atoms with Crippen molar-refractivity contribution in [3.05, 3.63) is 46.0 Å². The van der Waals surface area contributed by atoms with Crippen molar-refractivity contribution in [3.63, 3.8) is 0 Å². The first-order valence-corrected chi connectivity index (χ1v) is 9.44. The van der Waals surface area contributed by atoms with Crippen molar-refractivity contribution in [2.45, 2.75) is 57.4 Å². The Morgan fingerprint density at radius 2 is 1.88 bits per heavy atom. The van der Waals surface area contributed by atoms with Crippen LogP contribution in [0.25, 0.3) is 0 Å². The molecule has 142 valence electrons. The third-order valence-electron chi connectivity index (χ3n) is 5.16. The molecule has 0 aromatic heterocycles. The van der Waals surface area contributed by atoms with Gasteiger partial charge in [0.1, 0.15) is 6.29 Å². The molecule has 1 saturated carbocycles. The molecule has 0 spiro atoms. The number of esters is 1. The molecule has 26 heavy (non-hydrogen) atoms. The van der Waals surface area contributed by atoms with Gasteiger partial charge < -0.3 is 9.53 Å². The van der Waals surface area contributed by atoms with Gasteiger partial charge in [-0.1, -0.05) is 37.5 Å². The van der Waals surface area contributed by atoms with E-state index in [4.69, 9.17) is 4.74 Å². The summed E-state index contributed by atoms with van der Waals surface area (Å²) in [6.45, 7) is 0.256. The quantitative estimate of drug-likeness (QED) is 0.206. The summed E-state index contributed by atoms with van der Waals surface area (Å²) in [6, 6.07) is 7.98. The molecule has 0 aliphatic heterocycles. The maximum atomic E-state index is 11.8. The largest absolute Gasteiger partial charge is 0.462 e. The molecule has 0 unspecified atom stereocenters. The van der Waals surface area contributed by atoms with Gasteiger partial charge >= 0.3 is 5.97 Å². The Labute approximate surface area is 154 Å². The summed E-state index contributed by atoms with van der Waals surface area (Å²) >= 11 is 0. The van der Waals surface area contributed by atoms with E-state index in [0.29, 0.717) is 24.8 Å². The van der Waals surface area contributed by atoms with Gasteiger partial charge in [-0.3, -0.25) is 10.1 Å². The van der Waals surface area contributed by atoms with E-state index >= 15 is 0 Å². The van der Waals surface area contributed by atoms with Gasteiger partial charge in [0.15, 0.2) is 0 Å². The topological polar surface area (TPSA) is 86.5 Å². The fourth-order valence-electron chi connectivity index (χ4n) is 3.78. The van der Waals surface area contributed by atoms with Crippen LogP contribution in [0.15, 0.2) is 30.3 Å². The number of rotatable bonds is 10. The molecule has 1 fully saturated rings. The Balaban J connectivity index is 1.75. The van der Waals surface area contributed by atoms with Crippen molar-refractivity contribution in [2.75, 3.05) is 6.61 Å². The van der Waals surface area contributed by atoms with Gasteiger partial charge in [-0.15, -0.1) is 0 Å². The highest BCUT2D eigenvalue weighted by Gasteiger charge is 2.39. The van der Waals surface area contributed by atoms with E-state index in [-0.39, 0.29) is 23.4 Å². The molecule has 1 aromatic carbocycles. The van der Waals surface area contributed by atoms with Crippen LogP contribution in [-0.2, 0) is 9.53 Å². The SMILES string of the molecule is O=C[C@H](CCCCOC(=O)c1ccccc1)[C@@H](C1CCCCC1)[N+](=O)[O-]. The first kappa shape index (κ1) is 20.1. The molecule has 0 N–H and O–H groups in total. The molecule has 2 rings (SSSR count). The Hall–Kier alpha value is -2.24. The number of hydrogen-bond donors (Lipinski definition) is 0. The number of benzene rings is 1. The molecular weight excluding hydrogens is 334 g/mol. The summed E-state index contributed by atoms with van der Waals surface area (Å²) in [7, 11) is 0. The van der Waals surface area contributed by atoms with Crippen LogP contribution in [-0.4, -0.2) is 29.8 Å². The van der Waals surface area contributed by atoms with Gasteiger partial charge in [0.25, 0.3) is 0 Å². The minimum Gasteiger partial charge on any atom is -0.462 e. The number of nitro groups is 1.